The molecule has 9 heteroatoms. The van der Waals surface area contributed by atoms with Crippen molar-refractivity contribution in [3.8, 4) is 0 Å². The molecule has 0 aliphatic heterocycles. The number of sulfonamides is 1. The van der Waals surface area contributed by atoms with Crippen LogP contribution in [-0.2, 0) is 21.0 Å². The molecule has 28 heavy (non-hydrogen) atoms. The first kappa shape index (κ1) is 20.1. The van der Waals surface area contributed by atoms with Gasteiger partial charge in [0.15, 0.2) is 0 Å². The summed E-state index contributed by atoms with van der Waals surface area (Å²) in [6.45, 7) is 0. The second kappa shape index (κ2) is 7.06. The van der Waals surface area contributed by atoms with Gasteiger partial charge in [-0.15, -0.1) is 0 Å². The van der Waals surface area contributed by atoms with E-state index in [4.69, 9.17) is 0 Å². The molecule has 0 unspecified atom stereocenters. The smallest absolute Gasteiger partial charge is 0.416 e. The summed E-state index contributed by atoms with van der Waals surface area (Å²) in [5.74, 6) is -1.83. The van der Waals surface area contributed by atoms with E-state index in [-0.39, 0.29) is 12.0 Å². The van der Waals surface area contributed by atoms with Gasteiger partial charge in [0.2, 0.25) is 10.0 Å². The van der Waals surface area contributed by atoms with E-state index in [0.717, 1.165) is 24.3 Å². The summed E-state index contributed by atoms with van der Waals surface area (Å²) in [5.41, 5.74) is -1.86. The molecule has 0 heterocycles. The van der Waals surface area contributed by atoms with Gasteiger partial charge < -0.3 is 5.11 Å². The topological polar surface area (TPSA) is 83.5 Å². The average Bonchev–Trinajstić information content (AvgIpc) is 3.35. The Morgan fingerprint density at radius 3 is 2.43 bits per heavy atom. The summed E-state index contributed by atoms with van der Waals surface area (Å²) >= 11 is 0. The van der Waals surface area contributed by atoms with E-state index in [9.17, 15) is 31.5 Å². The van der Waals surface area contributed by atoms with Crippen LogP contribution >= 0.6 is 0 Å². The first-order chi connectivity index (χ1) is 13.0. The number of nitrogens with one attached hydrogen (secondary N) is 1. The maximum atomic E-state index is 12.7. The summed E-state index contributed by atoms with van der Waals surface area (Å²) in [7, 11) is -4.20. The highest BCUT2D eigenvalue weighted by atomic mass is 32.2. The third kappa shape index (κ3) is 4.26. The second-order valence-electron chi connectivity index (χ2n) is 6.52. The number of hydrogen-bond donors (Lipinski definition) is 2. The van der Waals surface area contributed by atoms with Crippen molar-refractivity contribution in [3.63, 3.8) is 0 Å². The van der Waals surface area contributed by atoms with Gasteiger partial charge in [-0.2, -0.15) is 17.9 Å². The summed E-state index contributed by atoms with van der Waals surface area (Å²) in [6, 6.07) is 12.8. The fourth-order valence-electron chi connectivity index (χ4n) is 3.02. The van der Waals surface area contributed by atoms with E-state index in [1.807, 2.05) is 0 Å². The highest BCUT2D eigenvalue weighted by Crippen LogP contribution is 2.52. The number of carboxylic acids is 1. The molecule has 0 saturated heterocycles. The largest absolute Gasteiger partial charge is 0.480 e. The van der Waals surface area contributed by atoms with Crippen LogP contribution in [0.4, 0.5) is 13.2 Å². The zero-order valence-corrected chi connectivity index (χ0v) is 15.2. The van der Waals surface area contributed by atoms with Gasteiger partial charge in [-0.3, -0.25) is 4.79 Å². The van der Waals surface area contributed by atoms with E-state index >= 15 is 0 Å². The maximum Gasteiger partial charge on any atom is 0.416 e. The molecule has 1 aliphatic rings. The lowest BCUT2D eigenvalue weighted by molar-refractivity contribution is -0.140. The van der Waals surface area contributed by atoms with Crippen molar-refractivity contribution < 1.29 is 31.5 Å². The Balaban J connectivity index is 1.80. The predicted molar refractivity (Wildman–Crippen MR) is 96.7 cm³/mol. The number of alkyl halides is 3. The van der Waals surface area contributed by atoms with Crippen molar-refractivity contribution in [1.82, 2.24) is 4.72 Å². The molecule has 1 saturated carbocycles. The van der Waals surface area contributed by atoms with Crippen LogP contribution in [0, 0.1) is 0 Å². The average molecular weight is 411 g/mol. The minimum absolute atomic E-state index is 0.0278. The highest BCUT2D eigenvalue weighted by Gasteiger charge is 2.63. The number of aliphatic carboxylic acids is 1. The zero-order chi connectivity index (χ0) is 20.6. The Morgan fingerprint density at radius 1 is 1.14 bits per heavy atom. The van der Waals surface area contributed by atoms with Gasteiger partial charge in [-0.1, -0.05) is 42.5 Å². The number of carbonyl (C=O) groups is 1. The van der Waals surface area contributed by atoms with Crippen LogP contribution in [0.2, 0.25) is 0 Å². The molecule has 0 radical (unpaired) electrons. The third-order valence-corrected chi connectivity index (χ3v) is 5.67. The van der Waals surface area contributed by atoms with Crippen LogP contribution in [0.3, 0.4) is 0 Å². The van der Waals surface area contributed by atoms with Gasteiger partial charge in [0.1, 0.15) is 5.54 Å². The molecular formula is C19H16F3NO4S. The SMILES string of the molecule is O=C(O)[C@]1(NS(=O)(=O)/C=C/c2cccc(C(F)(F)F)c2)C[C@H]1c1ccccc1. The molecule has 1 aliphatic carbocycles. The highest BCUT2D eigenvalue weighted by molar-refractivity contribution is 7.92. The Morgan fingerprint density at radius 2 is 1.82 bits per heavy atom. The van der Waals surface area contributed by atoms with Gasteiger partial charge >= 0.3 is 12.1 Å². The summed E-state index contributed by atoms with van der Waals surface area (Å²) < 4.78 is 65.1. The Bertz CT molecular complexity index is 1020. The molecule has 2 aromatic carbocycles. The lowest BCUT2D eigenvalue weighted by atomic mass is 10.1. The minimum Gasteiger partial charge on any atom is -0.480 e. The quantitative estimate of drug-likeness (QED) is 0.761. The van der Waals surface area contributed by atoms with Crippen LogP contribution < -0.4 is 4.72 Å². The molecule has 2 aromatic rings. The molecule has 2 N–H and O–H groups in total. The van der Waals surface area contributed by atoms with E-state index in [1.54, 1.807) is 30.3 Å². The predicted octanol–water partition coefficient (Wildman–Crippen LogP) is 3.61. The molecule has 5 nitrogen and oxygen atoms in total. The summed E-state index contributed by atoms with van der Waals surface area (Å²) in [5, 5.41) is 10.2. The molecule has 0 spiro atoms. The van der Waals surface area contributed by atoms with Gasteiger partial charge in [0.05, 0.1) is 5.56 Å². The van der Waals surface area contributed by atoms with Crippen molar-refractivity contribution in [1.29, 1.82) is 0 Å². The molecule has 148 valence electrons. The normalized spacial score (nSPS) is 22.3. The first-order valence-corrected chi connectivity index (χ1v) is 9.76. The first-order valence-electron chi connectivity index (χ1n) is 8.21. The fraction of sp³-hybridized carbons (Fsp3) is 0.211. The van der Waals surface area contributed by atoms with E-state index < -0.39 is 39.2 Å². The molecule has 1 fully saturated rings. The number of hydrogen-bond acceptors (Lipinski definition) is 3. The monoisotopic (exact) mass is 411 g/mol. The number of carboxylic acid groups (broad SMARTS) is 1. The van der Waals surface area contributed by atoms with Gasteiger partial charge in [-0.25, -0.2) is 8.42 Å². The molecule has 0 amide bonds. The Kier molecular flexibility index (Phi) is 5.07. The maximum absolute atomic E-state index is 12.7. The molecule has 0 bridgehead atoms. The van der Waals surface area contributed by atoms with Gasteiger partial charge in [0.25, 0.3) is 0 Å². The Labute approximate surface area is 159 Å². The van der Waals surface area contributed by atoms with Crippen molar-refractivity contribution in [2.24, 2.45) is 0 Å². The molecule has 3 rings (SSSR count). The van der Waals surface area contributed by atoms with Crippen LogP contribution in [0.15, 0.2) is 60.0 Å². The second-order valence-corrected chi connectivity index (χ2v) is 8.08. The third-order valence-electron chi connectivity index (χ3n) is 4.52. The lowest BCUT2D eigenvalue weighted by Crippen LogP contribution is -2.43. The van der Waals surface area contributed by atoms with Crippen LogP contribution in [-0.4, -0.2) is 25.0 Å². The fourth-order valence-corrected chi connectivity index (χ4v) is 4.24. The molecule has 0 aromatic heterocycles. The van der Waals surface area contributed by atoms with Crippen LogP contribution in [0.25, 0.3) is 6.08 Å². The Hall–Kier alpha value is -2.65. The van der Waals surface area contributed by atoms with E-state index in [2.05, 4.69) is 4.72 Å². The van der Waals surface area contributed by atoms with Gasteiger partial charge in [-0.05, 0) is 35.8 Å². The van der Waals surface area contributed by atoms with Crippen molar-refractivity contribution >= 4 is 22.1 Å². The zero-order valence-electron chi connectivity index (χ0n) is 14.3. The van der Waals surface area contributed by atoms with Crippen LogP contribution in [0.5, 0.6) is 0 Å². The summed E-state index contributed by atoms with van der Waals surface area (Å²) in [4.78, 5) is 11.7. The van der Waals surface area contributed by atoms with Crippen LogP contribution in [0.1, 0.15) is 29.0 Å². The molecule has 2 atom stereocenters. The summed E-state index contributed by atoms with van der Waals surface area (Å²) in [6.07, 6.45) is -3.47. The minimum atomic E-state index is -4.55. The van der Waals surface area contributed by atoms with Gasteiger partial charge in [0, 0.05) is 11.3 Å². The van der Waals surface area contributed by atoms with E-state index in [0.29, 0.717) is 11.0 Å². The van der Waals surface area contributed by atoms with Crippen molar-refractivity contribution in [3.05, 3.63) is 76.7 Å². The number of halogens is 3. The van der Waals surface area contributed by atoms with Crippen molar-refractivity contribution in [2.75, 3.05) is 0 Å². The lowest BCUT2D eigenvalue weighted by Gasteiger charge is -2.13. The standard InChI is InChI=1S/C19H16F3NO4S/c20-19(21,22)15-8-4-5-13(11-15)9-10-28(26,27)23-18(17(24)25)12-16(18)14-6-2-1-3-7-14/h1-11,16,23H,12H2,(H,24,25)/b10-9+/t16-,18-/m0/s1. The van der Waals surface area contributed by atoms with Crippen molar-refractivity contribution in [2.45, 2.75) is 24.1 Å². The molecular weight excluding hydrogens is 395 g/mol. The number of rotatable bonds is 6. The van der Waals surface area contributed by atoms with E-state index in [1.165, 1.54) is 6.07 Å². The number of benzene rings is 2.